The highest BCUT2D eigenvalue weighted by Gasteiger charge is 2.52. The van der Waals surface area contributed by atoms with E-state index in [1.807, 2.05) is 0 Å². The summed E-state index contributed by atoms with van der Waals surface area (Å²) in [6, 6.07) is 13.0. The molecule has 3 rings (SSSR count). The molecule has 2 atom stereocenters. The van der Waals surface area contributed by atoms with E-state index in [9.17, 15) is 13.2 Å². The topological polar surface area (TPSA) is 51.2 Å². The van der Waals surface area contributed by atoms with Crippen molar-refractivity contribution in [2.75, 3.05) is 0 Å². The van der Waals surface area contributed by atoms with Gasteiger partial charge in [-0.15, -0.1) is 0 Å². The van der Waals surface area contributed by atoms with Crippen molar-refractivity contribution in [1.29, 1.82) is 0 Å². The van der Waals surface area contributed by atoms with E-state index >= 15 is 0 Å². The normalized spacial score (nSPS) is 20.6. The van der Waals surface area contributed by atoms with Crippen molar-refractivity contribution in [3.05, 3.63) is 63.6 Å². The summed E-state index contributed by atoms with van der Waals surface area (Å²) in [7, 11) is -3.46. The van der Waals surface area contributed by atoms with Gasteiger partial charge in [0.2, 0.25) is 0 Å². The van der Waals surface area contributed by atoms with Gasteiger partial charge in [0.05, 0.1) is 10.1 Å². The summed E-state index contributed by atoms with van der Waals surface area (Å²) < 4.78 is 25.9. The van der Waals surface area contributed by atoms with E-state index in [2.05, 4.69) is 15.9 Å². The molecule has 2 aromatic rings. The lowest BCUT2D eigenvalue weighted by Gasteiger charge is -2.04. The molecule has 0 amide bonds. The molecule has 114 valence electrons. The quantitative estimate of drug-likeness (QED) is 0.726. The van der Waals surface area contributed by atoms with Crippen LogP contribution in [0.15, 0.2) is 57.9 Å². The van der Waals surface area contributed by atoms with Crippen molar-refractivity contribution in [2.24, 2.45) is 5.92 Å². The van der Waals surface area contributed by atoms with Crippen molar-refractivity contribution in [2.45, 2.75) is 16.6 Å². The zero-order valence-electron chi connectivity index (χ0n) is 11.4. The Labute approximate surface area is 142 Å². The van der Waals surface area contributed by atoms with Crippen molar-refractivity contribution < 1.29 is 13.2 Å². The minimum Gasteiger partial charge on any atom is -0.294 e. The third kappa shape index (κ3) is 2.98. The molecule has 2 aromatic carbocycles. The molecule has 0 heterocycles. The molecule has 0 spiro atoms. The Bertz CT molecular complexity index is 813. The second kappa shape index (κ2) is 5.80. The fourth-order valence-electron chi connectivity index (χ4n) is 2.42. The molecule has 22 heavy (non-hydrogen) atoms. The van der Waals surface area contributed by atoms with Crippen molar-refractivity contribution in [3.63, 3.8) is 0 Å². The van der Waals surface area contributed by atoms with Gasteiger partial charge in [0.1, 0.15) is 0 Å². The number of sulfone groups is 1. The Balaban J connectivity index is 1.80. The summed E-state index contributed by atoms with van der Waals surface area (Å²) in [6.45, 7) is 0. The average molecular weight is 400 g/mol. The molecule has 0 unspecified atom stereocenters. The van der Waals surface area contributed by atoms with Crippen LogP contribution in [0.25, 0.3) is 0 Å². The predicted molar refractivity (Wildman–Crippen MR) is 89.0 cm³/mol. The zero-order valence-corrected chi connectivity index (χ0v) is 14.5. The monoisotopic (exact) mass is 398 g/mol. The van der Waals surface area contributed by atoms with Crippen LogP contribution in [0.4, 0.5) is 0 Å². The number of hydrogen-bond acceptors (Lipinski definition) is 3. The zero-order chi connectivity index (χ0) is 15.9. The summed E-state index contributed by atoms with van der Waals surface area (Å²) in [5.41, 5.74) is 0.503. The first-order valence-corrected chi connectivity index (χ1v) is 9.40. The summed E-state index contributed by atoms with van der Waals surface area (Å²) >= 11 is 9.07. The first-order valence-electron chi connectivity index (χ1n) is 6.69. The average Bonchev–Trinajstić information content (AvgIpc) is 3.29. The van der Waals surface area contributed by atoms with Crippen LogP contribution < -0.4 is 0 Å². The maximum atomic E-state index is 12.5. The van der Waals surface area contributed by atoms with Gasteiger partial charge in [0.15, 0.2) is 15.6 Å². The molecule has 6 heteroatoms. The van der Waals surface area contributed by atoms with Crippen molar-refractivity contribution >= 4 is 43.2 Å². The van der Waals surface area contributed by atoms with Crippen LogP contribution in [0.3, 0.4) is 0 Å². The summed E-state index contributed by atoms with van der Waals surface area (Å²) in [5, 5.41) is -0.0803. The Morgan fingerprint density at radius 3 is 2.23 bits per heavy atom. The highest BCUT2D eigenvalue weighted by molar-refractivity contribution is 9.10. The van der Waals surface area contributed by atoms with Crippen LogP contribution in [0.5, 0.6) is 0 Å². The predicted octanol–water partition coefficient (Wildman–Crippen LogP) is 4.15. The molecule has 1 aliphatic carbocycles. The molecular formula is C16H12BrClO3S. The van der Waals surface area contributed by atoms with Crippen molar-refractivity contribution in [1.82, 2.24) is 0 Å². The molecule has 1 saturated carbocycles. The van der Waals surface area contributed by atoms with E-state index in [-0.39, 0.29) is 10.7 Å². The van der Waals surface area contributed by atoms with Crippen molar-refractivity contribution in [3.8, 4) is 0 Å². The van der Waals surface area contributed by atoms with Gasteiger partial charge < -0.3 is 0 Å². The first kappa shape index (κ1) is 15.7. The second-order valence-electron chi connectivity index (χ2n) is 5.25. The molecule has 1 fully saturated rings. The van der Waals surface area contributed by atoms with E-state index in [4.69, 9.17) is 11.6 Å². The Hall–Kier alpha value is -1.17. The smallest absolute Gasteiger partial charge is 0.181 e. The second-order valence-corrected chi connectivity index (χ2v) is 8.77. The maximum Gasteiger partial charge on any atom is 0.181 e. The van der Waals surface area contributed by atoms with Gasteiger partial charge in [0.25, 0.3) is 0 Å². The number of hydrogen-bond donors (Lipinski definition) is 0. The van der Waals surface area contributed by atoms with E-state index in [0.717, 1.165) is 4.47 Å². The van der Waals surface area contributed by atoms with Gasteiger partial charge >= 0.3 is 0 Å². The summed E-state index contributed by atoms with van der Waals surface area (Å²) in [5.74, 6) is -0.600. The minimum absolute atomic E-state index is 0.137. The highest BCUT2D eigenvalue weighted by Crippen LogP contribution is 2.42. The first-order chi connectivity index (χ1) is 10.4. The Kier molecular flexibility index (Phi) is 4.14. The fraction of sp³-hybridized carbons (Fsp3) is 0.188. The number of rotatable bonds is 4. The molecule has 0 aromatic heterocycles. The maximum absolute atomic E-state index is 12.5. The third-order valence-electron chi connectivity index (χ3n) is 3.74. The highest BCUT2D eigenvalue weighted by atomic mass is 79.9. The molecule has 0 bridgehead atoms. The van der Waals surface area contributed by atoms with Gasteiger partial charge in [-0.25, -0.2) is 8.42 Å². The van der Waals surface area contributed by atoms with Crippen LogP contribution in [0, 0.1) is 5.92 Å². The number of carbonyl (C=O) groups excluding carboxylic acids is 1. The number of benzene rings is 2. The lowest BCUT2D eigenvalue weighted by atomic mass is 10.1. The molecule has 0 N–H and O–H groups in total. The van der Waals surface area contributed by atoms with E-state index in [1.54, 1.807) is 48.5 Å². The SMILES string of the molecule is O=C(c1ccc(Cl)cc1)[C@@H]1C[C@H]1S(=O)(=O)c1ccc(Br)cc1. The van der Waals surface area contributed by atoms with Gasteiger partial charge in [-0.3, -0.25) is 4.79 Å². The molecule has 0 radical (unpaired) electrons. The van der Waals surface area contributed by atoms with Crippen LogP contribution >= 0.6 is 27.5 Å². The number of Topliss-reactive ketones (excluding diaryl/α,β-unsaturated/α-hetero) is 1. The molecule has 0 saturated heterocycles. The van der Waals surface area contributed by atoms with Gasteiger partial charge in [-0.05, 0) is 55.0 Å². The van der Waals surface area contributed by atoms with Crippen LogP contribution in [-0.2, 0) is 9.84 Å². The van der Waals surface area contributed by atoms with Crippen LogP contribution in [0.1, 0.15) is 16.8 Å². The Morgan fingerprint density at radius 1 is 1.05 bits per heavy atom. The summed E-state index contributed by atoms with van der Waals surface area (Å²) in [6.07, 6.45) is 0.375. The third-order valence-corrected chi connectivity index (χ3v) is 6.77. The summed E-state index contributed by atoms with van der Waals surface area (Å²) in [4.78, 5) is 12.6. The number of carbonyl (C=O) groups is 1. The minimum atomic E-state index is -3.46. The number of halogens is 2. The van der Waals surface area contributed by atoms with Gasteiger partial charge in [-0.2, -0.15) is 0 Å². The van der Waals surface area contributed by atoms with E-state index < -0.39 is 21.0 Å². The van der Waals surface area contributed by atoms with Gasteiger partial charge in [-0.1, -0.05) is 27.5 Å². The standard InChI is InChI=1S/C16H12BrClO3S/c17-11-3-7-13(8-4-11)22(20,21)15-9-14(15)16(19)10-1-5-12(18)6-2-10/h1-8,14-15H,9H2/t14-,15-/m1/s1. The largest absolute Gasteiger partial charge is 0.294 e. The fourth-order valence-corrected chi connectivity index (χ4v) is 4.69. The lowest BCUT2D eigenvalue weighted by molar-refractivity contribution is 0.0968. The molecule has 1 aliphatic rings. The van der Waals surface area contributed by atoms with E-state index in [1.165, 1.54) is 0 Å². The van der Waals surface area contributed by atoms with Crippen LogP contribution in [-0.4, -0.2) is 19.5 Å². The number of ketones is 1. The Morgan fingerprint density at radius 2 is 1.64 bits per heavy atom. The lowest BCUT2D eigenvalue weighted by Crippen LogP contribution is -2.14. The van der Waals surface area contributed by atoms with Crippen LogP contribution in [0.2, 0.25) is 5.02 Å². The molecule has 3 nitrogen and oxygen atoms in total. The van der Waals surface area contributed by atoms with E-state index in [0.29, 0.717) is 17.0 Å². The molecule has 0 aliphatic heterocycles. The van der Waals surface area contributed by atoms with Gasteiger partial charge in [0, 0.05) is 21.0 Å². The molecular weight excluding hydrogens is 388 g/mol.